The number of nitrogens with zero attached hydrogens (tertiary/aromatic N) is 2. The van der Waals surface area contributed by atoms with Gasteiger partial charge in [0, 0.05) is 17.5 Å². The Hall–Kier alpha value is -3.15. The van der Waals surface area contributed by atoms with E-state index in [4.69, 9.17) is 9.47 Å². The summed E-state index contributed by atoms with van der Waals surface area (Å²) in [6, 6.07) is 14.4. The first-order valence-electron chi connectivity index (χ1n) is 9.39. The SMILES string of the molecule is CCOc1ccccc1COC(=O)c1nn(CC(C)C)c(=O)c2ccccc12. The fourth-order valence-electron chi connectivity index (χ4n) is 2.99. The Bertz CT molecular complexity index is 1040. The Morgan fingerprint density at radius 1 is 1.07 bits per heavy atom. The van der Waals surface area contributed by atoms with Gasteiger partial charge < -0.3 is 9.47 Å². The van der Waals surface area contributed by atoms with E-state index in [-0.39, 0.29) is 23.8 Å². The van der Waals surface area contributed by atoms with Crippen LogP contribution in [0, 0.1) is 5.92 Å². The van der Waals surface area contributed by atoms with E-state index in [2.05, 4.69) is 5.10 Å². The summed E-state index contributed by atoms with van der Waals surface area (Å²) in [5, 5.41) is 5.26. The van der Waals surface area contributed by atoms with Crippen molar-refractivity contribution in [2.75, 3.05) is 6.61 Å². The summed E-state index contributed by atoms with van der Waals surface area (Å²) in [5.41, 5.74) is 0.713. The van der Waals surface area contributed by atoms with Crippen LogP contribution in [0.2, 0.25) is 0 Å². The first kappa shape index (κ1) is 19.6. The molecule has 6 nitrogen and oxygen atoms in total. The highest BCUT2D eigenvalue weighted by Gasteiger charge is 2.19. The molecule has 1 heterocycles. The van der Waals surface area contributed by atoms with Crippen LogP contribution in [0.1, 0.15) is 36.8 Å². The van der Waals surface area contributed by atoms with Gasteiger partial charge in [-0.2, -0.15) is 5.10 Å². The van der Waals surface area contributed by atoms with Crippen LogP contribution in [0.3, 0.4) is 0 Å². The number of aromatic nitrogens is 2. The fraction of sp³-hybridized carbons (Fsp3) is 0.318. The minimum Gasteiger partial charge on any atom is -0.493 e. The fourth-order valence-corrected chi connectivity index (χ4v) is 2.99. The maximum atomic E-state index is 12.8. The zero-order valence-corrected chi connectivity index (χ0v) is 16.3. The Morgan fingerprint density at radius 3 is 2.46 bits per heavy atom. The monoisotopic (exact) mass is 380 g/mol. The van der Waals surface area contributed by atoms with Gasteiger partial charge in [-0.25, -0.2) is 9.48 Å². The van der Waals surface area contributed by atoms with Gasteiger partial charge in [0.2, 0.25) is 0 Å². The summed E-state index contributed by atoms with van der Waals surface area (Å²) in [7, 11) is 0. The van der Waals surface area contributed by atoms with Crippen LogP contribution >= 0.6 is 0 Å². The van der Waals surface area contributed by atoms with E-state index in [0.717, 1.165) is 5.56 Å². The second-order valence-electron chi connectivity index (χ2n) is 6.89. The second-order valence-corrected chi connectivity index (χ2v) is 6.89. The van der Waals surface area contributed by atoms with Crippen molar-refractivity contribution in [2.45, 2.75) is 33.9 Å². The van der Waals surface area contributed by atoms with Crippen molar-refractivity contribution < 1.29 is 14.3 Å². The zero-order valence-electron chi connectivity index (χ0n) is 16.3. The van der Waals surface area contributed by atoms with E-state index in [0.29, 0.717) is 29.7 Å². The number of hydrogen-bond acceptors (Lipinski definition) is 5. The first-order valence-corrected chi connectivity index (χ1v) is 9.39. The molecular formula is C22H24N2O4. The Kier molecular flexibility index (Phi) is 6.09. The number of para-hydroxylation sites is 1. The van der Waals surface area contributed by atoms with Crippen LogP contribution in [0.25, 0.3) is 10.8 Å². The van der Waals surface area contributed by atoms with Crippen molar-refractivity contribution in [1.82, 2.24) is 9.78 Å². The van der Waals surface area contributed by atoms with Gasteiger partial charge in [-0.3, -0.25) is 4.79 Å². The highest BCUT2D eigenvalue weighted by molar-refractivity contribution is 6.02. The summed E-state index contributed by atoms with van der Waals surface area (Å²) in [5.74, 6) is 0.328. The summed E-state index contributed by atoms with van der Waals surface area (Å²) >= 11 is 0. The largest absolute Gasteiger partial charge is 0.493 e. The molecule has 0 saturated carbocycles. The van der Waals surface area contributed by atoms with Gasteiger partial charge in [0.15, 0.2) is 5.69 Å². The van der Waals surface area contributed by atoms with Gasteiger partial charge in [-0.15, -0.1) is 0 Å². The molecule has 0 unspecified atom stereocenters. The van der Waals surface area contributed by atoms with E-state index < -0.39 is 5.97 Å². The van der Waals surface area contributed by atoms with Gasteiger partial charge in [0.25, 0.3) is 5.56 Å². The minimum absolute atomic E-state index is 0.0638. The lowest BCUT2D eigenvalue weighted by atomic mass is 10.1. The van der Waals surface area contributed by atoms with Crippen LogP contribution < -0.4 is 10.3 Å². The number of carbonyl (C=O) groups is 1. The third-order valence-corrected chi connectivity index (χ3v) is 4.23. The minimum atomic E-state index is -0.569. The third kappa shape index (κ3) is 4.22. The summed E-state index contributed by atoms with van der Waals surface area (Å²) in [6.45, 7) is 6.90. The molecule has 0 fully saturated rings. The highest BCUT2D eigenvalue weighted by atomic mass is 16.5. The summed E-state index contributed by atoms with van der Waals surface area (Å²) < 4.78 is 12.4. The molecular weight excluding hydrogens is 356 g/mol. The first-order chi connectivity index (χ1) is 13.5. The summed E-state index contributed by atoms with van der Waals surface area (Å²) in [4.78, 5) is 25.5. The van der Waals surface area contributed by atoms with E-state index >= 15 is 0 Å². The molecule has 1 aromatic heterocycles. The molecule has 0 saturated heterocycles. The van der Waals surface area contributed by atoms with Crippen LogP contribution in [0.5, 0.6) is 5.75 Å². The average Bonchev–Trinajstić information content (AvgIpc) is 2.69. The lowest BCUT2D eigenvalue weighted by molar-refractivity contribution is 0.0462. The van der Waals surface area contributed by atoms with Crippen molar-refractivity contribution >= 4 is 16.7 Å². The maximum Gasteiger partial charge on any atom is 0.359 e. The van der Waals surface area contributed by atoms with Crippen molar-refractivity contribution in [3.63, 3.8) is 0 Å². The Morgan fingerprint density at radius 2 is 1.75 bits per heavy atom. The molecule has 28 heavy (non-hydrogen) atoms. The topological polar surface area (TPSA) is 70.4 Å². The van der Waals surface area contributed by atoms with Crippen molar-refractivity contribution in [2.24, 2.45) is 5.92 Å². The normalized spacial score (nSPS) is 11.0. The van der Waals surface area contributed by atoms with Gasteiger partial charge in [0.05, 0.1) is 12.0 Å². The van der Waals surface area contributed by atoms with E-state index in [1.807, 2.05) is 45.0 Å². The second kappa shape index (κ2) is 8.69. The van der Waals surface area contributed by atoms with Crippen molar-refractivity contribution in [1.29, 1.82) is 0 Å². The van der Waals surface area contributed by atoms with E-state index in [1.54, 1.807) is 24.3 Å². The highest BCUT2D eigenvalue weighted by Crippen LogP contribution is 2.20. The standard InChI is InChI=1S/C22H24N2O4/c1-4-27-19-12-8-5-9-16(19)14-28-22(26)20-17-10-6-7-11-18(17)21(25)24(23-20)13-15(2)3/h5-12,15H,4,13-14H2,1-3H3. The third-order valence-electron chi connectivity index (χ3n) is 4.23. The van der Waals surface area contributed by atoms with Crippen LogP contribution in [0.4, 0.5) is 0 Å². The number of ether oxygens (including phenoxy) is 2. The Labute approximate surface area is 163 Å². The van der Waals surface area contributed by atoms with Gasteiger partial charge in [-0.05, 0) is 25.0 Å². The van der Waals surface area contributed by atoms with E-state index in [1.165, 1.54) is 4.68 Å². The van der Waals surface area contributed by atoms with Gasteiger partial charge in [-0.1, -0.05) is 50.2 Å². The number of esters is 1. The molecule has 3 rings (SSSR count). The van der Waals surface area contributed by atoms with Crippen molar-refractivity contribution in [3.8, 4) is 5.75 Å². The maximum absolute atomic E-state index is 12.8. The molecule has 0 N–H and O–H groups in total. The summed E-state index contributed by atoms with van der Waals surface area (Å²) in [6.07, 6.45) is 0. The number of benzene rings is 2. The molecule has 0 bridgehead atoms. The molecule has 0 aliphatic carbocycles. The number of fused-ring (bicyclic) bond motifs is 1. The molecule has 0 radical (unpaired) electrons. The van der Waals surface area contributed by atoms with Gasteiger partial charge >= 0.3 is 5.97 Å². The predicted molar refractivity (Wildman–Crippen MR) is 108 cm³/mol. The van der Waals surface area contributed by atoms with Gasteiger partial charge in [0.1, 0.15) is 12.4 Å². The Balaban J connectivity index is 1.93. The van der Waals surface area contributed by atoms with E-state index in [9.17, 15) is 9.59 Å². The lowest BCUT2D eigenvalue weighted by Crippen LogP contribution is -2.28. The molecule has 0 aliphatic rings. The molecule has 146 valence electrons. The average molecular weight is 380 g/mol. The predicted octanol–water partition coefficient (Wildman–Crippen LogP) is 3.81. The number of carbonyl (C=O) groups excluding carboxylic acids is 1. The molecule has 0 aliphatic heterocycles. The van der Waals surface area contributed by atoms with Crippen LogP contribution in [-0.2, 0) is 17.9 Å². The van der Waals surface area contributed by atoms with Crippen molar-refractivity contribution in [3.05, 3.63) is 70.1 Å². The molecule has 2 aromatic carbocycles. The molecule has 3 aromatic rings. The van der Waals surface area contributed by atoms with Crippen LogP contribution in [-0.4, -0.2) is 22.4 Å². The molecule has 6 heteroatoms. The smallest absolute Gasteiger partial charge is 0.359 e. The van der Waals surface area contributed by atoms with Crippen LogP contribution in [0.15, 0.2) is 53.3 Å². The number of hydrogen-bond donors (Lipinski definition) is 0. The molecule has 0 spiro atoms. The number of rotatable bonds is 7. The quantitative estimate of drug-likeness (QED) is 0.583. The lowest BCUT2D eigenvalue weighted by Gasteiger charge is -2.13. The molecule has 0 amide bonds. The molecule has 0 atom stereocenters. The zero-order chi connectivity index (χ0) is 20.1.